The third-order valence-corrected chi connectivity index (χ3v) is 5.25. The van der Waals surface area contributed by atoms with E-state index in [0.717, 1.165) is 10.6 Å². The number of hydrazone groups is 1. The molecular weight excluding hydrogens is 413 g/mol. The number of halogens is 2. The number of sulfonamides is 1. The Hall–Kier alpha value is -2.29. The van der Waals surface area contributed by atoms with Gasteiger partial charge in [0.1, 0.15) is 12.3 Å². The van der Waals surface area contributed by atoms with E-state index >= 15 is 0 Å². The van der Waals surface area contributed by atoms with E-state index in [-0.39, 0.29) is 15.7 Å². The van der Waals surface area contributed by atoms with Crippen LogP contribution >= 0.6 is 23.2 Å². The Morgan fingerprint density at radius 2 is 1.96 bits per heavy atom. The summed E-state index contributed by atoms with van der Waals surface area (Å²) in [6.07, 6.45) is 2.41. The molecule has 0 aromatic heterocycles. The van der Waals surface area contributed by atoms with Crippen molar-refractivity contribution in [3.8, 4) is 5.75 Å². The second-order valence-corrected chi connectivity index (χ2v) is 8.16. The van der Waals surface area contributed by atoms with Crippen LogP contribution in [0, 0.1) is 0 Å². The molecule has 0 fully saturated rings. The van der Waals surface area contributed by atoms with Crippen molar-refractivity contribution in [2.45, 2.75) is 0 Å². The van der Waals surface area contributed by atoms with Crippen LogP contribution in [0.5, 0.6) is 5.75 Å². The molecule has 0 aliphatic rings. The molecule has 0 atom stereocenters. The summed E-state index contributed by atoms with van der Waals surface area (Å²) in [7, 11) is -2.18. The van der Waals surface area contributed by atoms with Crippen LogP contribution in [0.1, 0.15) is 5.56 Å². The lowest BCUT2D eigenvalue weighted by molar-refractivity contribution is -0.119. The molecule has 144 valence electrons. The summed E-state index contributed by atoms with van der Waals surface area (Å²) in [5.41, 5.74) is 3.22. The number of carbonyl (C=O) groups is 1. The average molecular weight is 430 g/mol. The van der Waals surface area contributed by atoms with E-state index in [0.29, 0.717) is 11.3 Å². The molecule has 0 radical (unpaired) electrons. The zero-order valence-electron chi connectivity index (χ0n) is 14.5. The SMILES string of the molecule is COc1cccc(/C=N\NC(=O)CN(c2ccc(Cl)c(Cl)c2)S(C)(=O)=O)c1. The van der Waals surface area contributed by atoms with Crippen molar-refractivity contribution in [2.24, 2.45) is 5.10 Å². The number of anilines is 1. The standard InChI is InChI=1S/C17H17Cl2N3O4S/c1-26-14-5-3-4-12(8-14)10-20-21-17(23)11-22(27(2,24)25)13-6-7-15(18)16(19)9-13/h3-10H,11H2,1-2H3,(H,21,23)/b20-10-. The summed E-state index contributed by atoms with van der Waals surface area (Å²) in [5, 5.41) is 4.29. The van der Waals surface area contributed by atoms with Crippen molar-refractivity contribution in [1.29, 1.82) is 0 Å². The molecule has 0 saturated carbocycles. The fourth-order valence-corrected chi connectivity index (χ4v) is 3.25. The van der Waals surface area contributed by atoms with Crippen LogP contribution < -0.4 is 14.5 Å². The molecule has 2 aromatic carbocycles. The van der Waals surface area contributed by atoms with E-state index in [2.05, 4.69) is 10.5 Å². The van der Waals surface area contributed by atoms with E-state index in [1.807, 2.05) is 0 Å². The maximum atomic E-state index is 12.1. The normalized spacial score (nSPS) is 11.4. The number of ether oxygens (including phenoxy) is 1. The Kier molecular flexibility index (Phi) is 7.06. The molecule has 7 nitrogen and oxygen atoms in total. The van der Waals surface area contributed by atoms with Crippen molar-refractivity contribution in [3.63, 3.8) is 0 Å². The van der Waals surface area contributed by atoms with E-state index in [4.69, 9.17) is 27.9 Å². The molecule has 1 amide bonds. The van der Waals surface area contributed by atoms with Crippen LogP contribution in [-0.4, -0.2) is 40.4 Å². The van der Waals surface area contributed by atoms with Gasteiger partial charge < -0.3 is 4.74 Å². The van der Waals surface area contributed by atoms with Gasteiger partial charge in [-0.2, -0.15) is 5.10 Å². The van der Waals surface area contributed by atoms with Crippen LogP contribution in [0.4, 0.5) is 5.69 Å². The first-order valence-corrected chi connectivity index (χ1v) is 10.2. The topological polar surface area (TPSA) is 88.1 Å². The van der Waals surface area contributed by atoms with Gasteiger partial charge in [-0.3, -0.25) is 9.10 Å². The molecular formula is C17H17Cl2N3O4S. The van der Waals surface area contributed by atoms with Gasteiger partial charge in [0.2, 0.25) is 10.0 Å². The van der Waals surface area contributed by atoms with E-state index in [1.54, 1.807) is 31.4 Å². The fraction of sp³-hybridized carbons (Fsp3) is 0.176. The average Bonchev–Trinajstić information content (AvgIpc) is 2.61. The second kappa shape index (κ2) is 9.07. The molecule has 0 unspecified atom stereocenters. The lowest BCUT2D eigenvalue weighted by Gasteiger charge is -2.21. The molecule has 10 heteroatoms. The zero-order valence-corrected chi connectivity index (χ0v) is 16.8. The Bertz CT molecular complexity index is 964. The summed E-state index contributed by atoms with van der Waals surface area (Å²) in [4.78, 5) is 12.1. The summed E-state index contributed by atoms with van der Waals surface area (Å²) >= 11 is 11.8. The molecule has 0 aliphatic heterocycles. The summed E-state index contributed by atoms with van der Waals surface area (Å²) < 4.78 is 30.1. The van der Waals surface area contributed by atoms with Gasteiger partial charge in [-0.25, -0.2) is 13.8 Å². The Morgan fingerprint density at radius 3 is 2.59 bits per heavy atom. The number of hydrogen-bond donors (Lipinski definition) is 1. The number of carbonyl (C=O) groups excluding carboxylic acids is 1. The summed E-state index contributed by atoms with van der Waals surface area (Å²) in [6, 6.07) is 11.3. The maximum Gasteiger partial charge on any atom is 0.260 e. The predicted molar refractivity (Wildman–Crippen MR) is 107 cm³/mol. The number of amides is 1. The van der Waals surface area contributed by atoms with Crippen molar-refractivity contribution < 1.29 is 17.9 Å². The Labute approximate surface area is 167 Å². The van der Waals surface area contributed by atoms with Gasteiger partial charge in [0.05, 0.1) is 35.3 Å². The van der Waals surface area contributed by atoms with Gasteiger partial charge in [0, 0.05) is 0 Å². The molecule has 2 rings (SSSR count). The molecule has 2 aromatic rings. The largest absolute Gasteiger partial charge is 0.497 e. The number of nitrogens with one attached hydrogen (secondary N) is 1. The van der Waals surface area contributed by atoms with Gasteiger partial charge in [-0.05, 0) is 35.9 Å². The first-order valence-electron chi connectivity index (χ1n) is 7.59. The van der Waals surface area contributed by atoms with E-state index in [9.17, 15) is 13.2 Å². The van der Waals surface area contributed by atoms with Crippen LogP contribution in [0.15, 0.2) is 47.6 Å². The van der Waals surface area contributed by atoms with Crippen LogP contribution in [-0.2, 0) is 14.8 Å². The molecule has 1 N–H and O–H groups in total. The third kappa shape index (κ3) is 6.13. The minimum atomic E-state index is -3.73. The van der Waals surface area contributed by atoms with Gasteiger partial charge in [-0.1, -0.05) is 35.3 Å². The van der Waals surface area contributed by atoms with Gasteiger partial charge >= 0.3 is 0 Å². The second-order valence-electron chi connectivity index (χ2n) is 5.44. The first kappa shape index (κ1) is 21.0. The Balaban J connectivity index is 2.10. The smallest absolute Gasteiger partial charge is 0.260 e. The van der Waals surface area contributed by atoms with Crippen LogP contribution in [0.3, 0.4) is 0 Å². The number of nitrogens with zero attached hydrogens (tertiary/aromatic N) is 2. The zero-order chi connectivity index (χ0) is 20.0. The van der Waals surface area contributed by atoms with E-state index in [1.165, 1.54) is 24.4 Å². The highest BCUT2D eigenvalue weighted by atomic mass is 35.5. The highest BCUT2D eigenvalue weighted by Gasteiger charge is 2.21. The molecule has 0 spiro atoms. The first-order chi connectivity index (χ1) is 12.7. The molecule has 0 saturated heterocycles. The van der Waals surface area contributed by atoms with Crippen molar-refractivity contribution in [2.75, 3.05) is 24.2 Å². The predicted octanol–water partition coefficient (Wildman–Crippen LogP) is 2.92. The van der Waals surface area contributed by atoms with E-state index < -0.39 is 22.5 Å². The van der Waals surface area contributed by atoms with Gasteiger partial charge in [0.25, 0.3) is 5.91 Å². The third-order valence-electron chi connectivity index (χ3n) is 3.38. The molecule has 0 bridgehead atoms. The summed E-state index contributed by atoms with van der Waals surface area (Å²) in [6.45, 7) is -0.466. The fourth-order valence-electron chi connectivity index (χ4n) is 2.11. The minimum absolute atomic E-state index is 0.180. The molecule has 0 heterocycles. The quantitative estimate of drug-likeness (QED) is 0.541. The van der Waals surface area contributed by atoms with Crippen molar-refractivity contribution in [1.82, 2.24) is 5.43 Å². The maximum absolute atomic E-state index is 12.1. The van der Waals surface area contributed by atoms with Crippen molar-refractivity contribution in [3.05, 3.63) is 58.1 Å². The molecule has 0 aliphatic carbocycles. The number of methoxy groups -OCH3 is 1. The van der Waals surface area contributed by atoms with Crippen molar-refractivity contribution >= 4 is 51.0 Å². The highest BCUT2D eigenvalue weighted by Crippen LogP contribution is 2.28. The molecule has 27 heavy (non-hydrogen) atoms. The van der Waals surface area contributed by atoms with Crippen LogP contribution in [0.25, 0.3) is 0 Å². The van der Waals surface area contributed by atoms with Crippen LogP contribution in [0.2, 0.25) is 10.0 Å². The summed E-state index contributed by atoms with van der Waals surface area (Å²) in [5.74, 6) is 0.0267. The van der Waals surface area contributed by atoms with Gasteiger partial charge in [0.15, 0.2) is 0 Å². The lowest BCUT2D eigenvalue weighted by Crippen LogP contribution is -2.39. The minimum Gasteiger partial charge on any atom is -0.497 e. The highest BCUT2D eigenvalue weighted by molar-refractivity contribution is 7.92. The Morgan fingerprint density at radius 1 is 1.22 bits per heavy atom. The number of rotatable bonds is 7. The number of hydrogen-bond acceptors (Lipinski definition) is 5. The monoisotopic (exact) mass is 429 g/mol. The van der Waals surface area contributed by atoms with Gasteiger partial charge in [-0.15, -0.1) is 0 Å². The lowest BCUT2D eigenvalue weighted by atomic mass is 10.2. The number of benzene rings is 2.